The number of pyridine rings is 1. The Morgan fingerprint density at radius 2 is 1.96 bits per heavy atom. The largest absolute Gasteiger partial charge is 0.354 e. The summed E-state index contributed by atoms with van der Waals surface area (Å²) in [5.74, 6) is 0.313. The van der Waals surface area contributed by atoms with E-state index < -0.39 is 15.8 Å². The quantitative estimate of drug-likeness (QED) is 0.789. The first-order valence-corrected chi connectivity index (χ1v) is 10.6. The highest BCUT2D eigenvalue weighted by atomic mass is 35.5. The summed E-state index contributed by atoms with van der Waals surface area (Å²) in [5.41, 5.74) is 0. The normalized spacial score (nSPS) is 17.1. The molecule has 3 rings (SSSR count). The van der Waals surface area contributed by atoms with E-state index in [0.29, 0.717) is 6.54 Å². The van der Waals surface area contributed by atoms with Crippen LogP contribution in [0.3, 0.4) is 0 Å². The summed E-state index contributed by atoms with van der Waals surface area (Å²) in [6.07, 6.45) is 1.78. The molecular weight excluding hydrogens is 391 g/mol. The summed E-state index contributed by atoms with van der Waals surface area (Å²) < 4.78 is 40.8. The van der Waals surface area contributed by atoms with Crippen LogP contribution in [-0.2, 0) is 10.0 Å². The maximum atomic E-state index is 13.3. The van der Waals surface area contributed by atoms with E-state index >= 15 is 0 Å². The Balaban J connectivity index is 1.53. The monoisotopic (exact) mass is 412 g/mol. The molecule has 0 saturated carbocycles. The predicted molar refractivity (Wildman–Crippen MR) is 104 cm³/mol. The molecule has 1 aromatic heterocycles. The lowest BCUT2D eigenvalue weighted by atomic mass is 10.2. The minimum atomic E-state index is -3.75. The third-order valence-corrected chi connectivity index (χ3v) is 6.31. The molecule has 0 radical (unpaired) electrons. The number of aromatic nitrogens is 1. The van der Waals surface area contributed by atoms with Crippen LogP contribution in [0.1, 0.15) is 6.92 Å². The van der Waals surface area contributed by atoms with E-state index in [0.717, 1.165) is 44.1 Å². The van der Waals surface area contributed by atoms with Crippen molar-refractivity contribution in [3.63, 3.8) is 0 Å². The molecule has 9 heteroatoms. The van der Waals surface area contributed by atoms with Gasteiger partial charge < -0.3 is 4.90 Å². The van der Waals surface area contributed by atoms with Gasteiger partial charge in [0.2, 0.25) is 10.0 Å². The molecule has 1 unspecified atom stereocenters. The predicted octanol–water partition coefficient (Wildman–Crippen LogP) is 2.36. The molecule has 2 aromatic rings. The summed E-state index contributed by atoms with van der Waals surface area (Å²) in [7, 11) is -3.75. The van der Waals surface area contributed by atoms with Crippen LogP contribution in [0.25, 0.3) is 0 Å². The smallest absolute Gasteiger partial charge is 0.240 e. The fraction of sp³-hybridized carbons (Fsp3) is 0.389. The zero-order chi connectivity index (χ0) is 19.4. The van der Waals surface area contributed by atoms with E-state index in [1.165, 1.54) is 6.07 Å². The van der Waals surface area contributed by atoms with Gasteiger partial charge in [0.1, 0.15) is 11.6 Å². The van der Waals surface area contributed by atoms with Crippen LogP contribution in [0.5, 0.6) is 0 Å². The highest BCUT2D eigenvalue weighted by Gasteiger charge is 2.23. The van der Waals surface area contributed by atoms with E-state index in [2.05, 4.69) is 19.5 Å². The van der Waals surface area contributed by atoms with Crippen LogP contribution in [0, 0.1) is 5.82 Å². The van der Waals surface area contributed by atoms with E-state index in [1.807, 2.05) is 25.1 Å². The summed E-state index contributed by atoms with van der Waals surface area (Å²) in [6.45, 7) is 5.72. The van der Waals surface area contributed by atoms with Crippen molar-refractivity contribution < 1.29 is 12.8 Å². The van der Waals surface area contributed by atoms with Crippen molar-refractivity contribution in [1.82, 2.24) is 14.6 Å². The fourth-order valence-corrected chi connectivity index (χ4v) is 4.61. The van der Waals surface area contributed by atoms with Crippen LogP contribution in [0.15, 0.2) is 47.5 Å². The zero-order valence-corrected chi connectivity index (χ0v) is 16.5. The molecular formula is C18H22ClFN4O2S. The average molecular weight is 413 g/mol. The first-order chi connectivity index (χ1) is 12.8. The Bertz CT molecular complexity index is 874. The number of nitrogens with zero attached hydrogens (tertiary/aromatic N) is 3. The number of piperazine rings is 1. The summed E-state index contributed by atoms with van der Waals surface area (Å²) in [4.78, 5) is 8.75. The average Bonchev–Trinajstić information content (AvgIpc) is 2.64. The number of hydrogen-bond acceptors (Lipinski definition) is 5. The maximum absolute atomic E-state index is 13.3. The van der Waals surface area contributed by atoms with Crippen molar-refractivity contribution >= 4 is 27.4 Å². The molecule has 0 bridgehead atoms. The van der Waals surface area contributed by atoms with Gasteiger partial charge >= 0.3 is 0 Å². The third kappa shape index (κ3) is 5.16. The minimum Gasteiger partial charge on any atom is -0.354 e. The van der Waals surface area contributed by atoms with Crippen molar-refractivity contribution in [1.29, 1.82) is 0 Å². The van der Waals surface area contributed by atoms with Gasteiger partial charge in [-0.1, -0.05) is 17.7 Å². The first-order valence-electron chi connectivity index (χ1n) is 8.71. The molecule has 1 aliphatic heterocycles. The Morgan fingerprint density at radius 3 is 2.59 bits per heavy atom. The lowest BCUT2D eigenvalue weighted by molar-refractivity contribution is 0.241. The van der Waals surface area contributed by atoms with Gasteiger partial charge in [-0.3, -0.25) is 4.90 Å². The molecule has 1 saturated heterocycles. The van der Waals surface area contributed by atoms with Gasteiger partial charge in [0.15, 0.2) is 0 Å². The number of benzene rings is 1. The van der Waals surface area contributed by atoms with Crippen LogP contribution in [0.2, 0.25) is 5.02 Å². The van der Waals surface area contributed by atoms with Crippen LogP contribution >= 0.6 is 11.6 Å². The van der Waals surface area contributed by atoms with Gasteiger partial charge in [-0.2, -0.15) is 0 Å². The molecule has 1 atom stereocenters. The molecule has 0 aliphatic carbocycles. The maximum Gasteiger partial charge on any atom is 0.240 e. The summed E-state index contributed by atoms with van der Waals surface area (Å²) >= 11 is 5.69. The number of rotatable bonds is 6. The second kappa shape index (κ2) is 8.52. The van der Waals surface area contributed by atoms with Gasteiger partial charge in [-0.05, 0) is 37.3 Å². The standard InChI is InChI=1S/C18H22ClFN4O2S/c1-14(22-27(25,26)15-5-6-17(20)16(19)12-15)13-23-8-10-24(11-9-23)18-4-2-3-7-21-18/h2-7,12,14,22H,8-11,13H2,1H3. The van der Waals surface area contributed by atoms with Gasteiger partial charge in [0, 0.05) is 45.0 Å². The fourth-order valence-electron chi connectivity index (χ4n) is 3.10. The number of hydrogen-bond donors (Lipinski definition) is 1. The van der Waals surface area contributed by atoms with Gasteiger partial charge in [-0.25, -0.2) is 22.5 Å². The van der Waals surface area contributed by atoms with Gasteiger partial charge in [0.25, 0.3) is 0 Å². The van der Waals surface area contributed by atoms with Crippen molar-refractivity contribution in [2.75, 3.05) is 37.6 Å². The molecule has 1 aromatic carbocycles. The number of sulfonamides is 1. The van der Waals surface area contributed by atoms with Crippen LogP contribution in [0.4, 0.5) is 10.2 Å². The lowest BCUT2D eigenvalue weighted by Crippen LogP contribution is -2.51. The van der Waals surface area contributed by atoms with Gasteiger partial charge in [0.05, 0.1) is 9.92 Å². The highest BCUT2D eigenvalue weighted by Crippen LogP contribution is 2.19. The SMILES string of the molecule is CC(CN1CCN(c2ccccn2)CC1)NS(=O)(=O)c1ccc(F)c(Cl)c1. The second-order valence-corrected chi connectivity index (χ2v) is 8.70. The molecule has 6 nitrogen and oxygen atoms in total. The van der Waals surface area contributed by atoms with Crippen molar-refractivity contribution in [2.24, 2.45) is 0 Å². The number of anilines is 1. The molecule has 2 heterocycles. The Hall–Kier alpha value is -1.74. The van der Waals surface area contributed by atoms with Gasteiger partial charge in [-0.15, -0.1) is 0 Å². The van der Waals surface area contributed by atoms with E-state index in [4.69, 9.17) is 11.6 Å². The highest BCUT2D eigenvalue weighted by molar-refractivity contribution is 7.89. The Kier molecular flexibility index (Phi) is 6.31. The Labute approximate surface area is 164 Å². The molecule has 1 aliphatic rings. The molecule has 1 N–H and O–H groups in total. The topological polar surface area (TPSA) is 65.5 Å². The van der Waals surface area contributed by atoms with E-state index in [-0.39, 0.29) is 16.0 Å². The summed E-state index contributed by atoms with van der Waals surface area (Å²) in [5, 5.41) is -0.212. The lowest BCUT2D eigenvalue weighted by Gasteiger charge is -2.36. The molecule has 1 fully saturated rings. The van der Waals surface area contributed by atoms with Crippen molar-refractivity contribution in [3.05, 3.63) is 53.4 Å². The number of halogens is 2. The molecule has 146 valence electrons. The molecule has 0 spiro atoms. The number of nitrogens with one attached hydrogen (secondary N) is 1. The summed E-state index contributed by atoms with van der Waals surface area (Å²) in [6, 6.07) is 8.94. The first kappa shape index (κ1) is 20.0. The zero-order valence-electron chi connectivity index (χ0n) is 15.0. The van der Waals surface area contributed by atoms with E-state index in [1.54, 1.807) is 6.20 Å². The van der Waals surface area contributed by atoms with E-state index in [9.17, 15) is 12.8 Å². The molecule has 27 heavy (non-hydrogen) atoms. The minimum absolute atomic E-state index is 0.0410. The molecule has 0 amide bonds. The second-order valence-electron chi connectivity index (χ2n) is 6.57. The van der Waals surface area contributed by atoms with Crippen LogP contribution < -0.4 is 9.62 Å². The third-order valence-electron chi connectivity index (χ3n) is 4.44. The van der Waals surface area contributed by atoms with Crippen molar-refractivity contribution in [3.8, 4) is 0 Å². The Morgan fingerprint density at radius 1 is 1.22 bits per heavy atom. The van der Waals surface area contributed by atoms with Crippen LogP contribution in [-0.4, -0.2) is 57.1 Å². The van der Waals surface area contributed by atoms with Crippen molar-refractivity contribution in [2.45, 2.75) is 17.9 Å².